The number of carbonyl (C=O) groups excluding carboxylic acids is 2. The second-order valence-corrected chi connectivity index (χ2v) is 6.26. The van der Waals surface area contributed by atoms with Gasteiger partial charge in [0, 0.05) is 19.0 Å². The molecule has 1 atom stereocenters. The Morgan fingerprint density at radius 1 is 1.41 bits per heavy atom. The molecule has 0 aliphatic carbocycles. The Hall–Kier alpha value is -2.11. The average molecular weight is 309 g/mol. The maximum Gasteiger partial charge on any atom is 0.410 e. The third-order valence-corrected chi connectivity index (χ3v) is 3.20. The Labute approximate surface area is 129 Å². The van der Waals surface area contributed by atoms with Crippen LogP contribution in [0, 0.1) is 5.82 Å². The lowest BCUT2D eigenvalue weighted by atomic mass is 10.2. The molecule has 1 aromatic carbocycles. The van der Waals surface area contributed by atoms with E-state index in [0.717, 1.165) is 0 Å². The molecule has 0 bridgehead atoms. The lowest BCUT2D eigenvalue weighted by Gasteiger charge is -2.24. The summed E-state index contributed by atoms with van der Waals surface area (Å²) in [6, 6.07) is 4.10. The van der Waals surface area contributed by atoms with Gasteiger partial charge in [0.1, 0.15) is 23.3 Å². The van der Waals surface area contributed by atoms with Crippen molar-refractivity contribution in [2.24, 2.45) is 0 Å². The number of rotatable bonds is 3. The number of likely N-dealkylation sites (tertiary alicyclic amines) is 1. The standard InChI is InChI=1S/C16H20FNO4/c1-16(2,3)22-15(20)18-7-6-13(9-18)21-12-5-4-11(10-19)14(17)8-12/h4-5,8,10,13H,6-7,9H2,1-3H3. The maximum absolute atomic E-state index is 13.5. The van der Waals surface area contributed by atoms with Gasteiger partial charge in [0.25, 0.3) is 0 Å². The van der Waals surface area contributed by atoms with Gasteiger partial charge in [-0.25, -0.2) is 9.18 Å². The number of hydrogen-bond donors (Lipinski definition) is 0. The van der Waals surface area contributed by atoms with Crippen LogP contribution in [-0.2, 0) is 4.74 Å². The molecule has 6 heteroatoms. The van der Waals surface area contributed by atoms with E-state index in [-0.39, 0.29) is 17.8 Å². The first-order valence-electron chi connectivity index (χ1n) is 7.18. The summed E-state index contributed by atoms with van der Waals surface area (Å²) >= 11 is 0. The van der Waals surface area contributed by atoms with Crippen molar-refractivity contribution >= 4 is 12.4 Å². The Bertz CT molecular complexity index is 568. The summed E-state index contributed by atoms with van der Waals surface area (Å²) in [6.45, 7) is 6.37. The van der Waals surface area contributed by atoms with Gasteiger partial charge >= 0.3 is 6.09 Å². The van der Waals surface area contributed by atoms with E-state index in [0.29, 0.717) is 31.5 Å². The molecule has 0 spiro atoms. The molecule has 0 radical (unpaired) electrons. The van der Waals surface area contributed by atoms with Crippen LogP contribution < -0.4 is 4.74 Å². The van der Waals surface area contributed by atoms with Crippen LogP contribution in [0.3, 0.4) is 0 Å². The molecule has 1 aromatic rings. The minimum atomic E-state index is -0.616. The molecule has 2 rings (SSSR count). The molecule has 0 saturated carbocycles. The highest BCUT2D eigenvalue weighted by atomic mass is 19.1. The molecule has 5 nitrogen and oxygen atoms in total. The first-order valence-corrected chi connectivity index (χ1v) is 7.18. The van der Waals surface area contributed by atoms with Crippen LogP contribution in [0.2, 0.25) is 0 Å². The largest absolute Gasteiger partial charge is 0.488 e. The second kappa shape index (κ2) is 6.34. The van der Waals surface area contributed by atoms with E-state index >= 15 is 0 Å². The summed E-state index contributed by atoms with van der Waals surface area (Å²) in [5.41, 5.74) is -0.543. The van der Waals surface area contributed by atoms with Crippen molar-refractivity contribution in [1.29, 1.82) is 0 Å². The predicted molar refractivity (Wildman–Crippen MR) is 78.6 cm³/mol. The van der Waals surface area contributed by atoms with E-state index in [2.05, 4.69) is 0 Å². The molecule has 0 N–H and O–H groups in total. The Morgan fingerprint density at radius 2 is 2.14 bits per heavy atom. The van der Waals surface area contributed by atoms with Gasteiger partial charge in [0.15, 0.2) is 6.29 Å². The van der Waals surface area contributed by atoms with Gasteiger partial charge in [-0.05, 0) is 32.9 Å². The highest BCUT2D eigenvalue weighted by molar-refractivity contribution is 5.75. The van der Waals surface area contributed by atoms with Crippen molar-refractivity contribution in [3.63, 3.8) is 0 Å². The van der Waals surface area contributed by atoms with Crippen LogP contribution >= 0.6 is 0 Å². The van der Waals surface area contributed by atoms with Crippen molar-refractivity contribution in [2.45, 2.75) is 38.9 Å². The summed E-state index contributed by atoms with van der Waals surface area (Å²) in [7, 11) is 0. The Morgan fingerprint density at radius 3 is 2.73 bits per heavy atom. The zero-order chi connectivity index (χ0) is 16.3. The molecule has 1 amide bonds. The number of hydrogen-bond acceptors (Lipinski definition) is 4. The summed E-state index contributed by atoms with van der Waals surface area (Å²) < 4.78 is 24.5. The lowest BCUT2D eigenvalue weighted by molar-refractivity contribution is 0.0275. The fourth-order valence-corrected chi connectivity index (χ4v) is 2.19. The van der Waals surface area contributed by atoms with Crippen molar-refractivity contribution in [3.05, 3.63) is 29.6 Å². The SMILES string of the molecule is CC(C)(C)OC(=O)N1CCC(Oc2ccc(C=O)c(F)c2)C1. The molecule has 22 heavy (non-hydrogen) atoms. The van der Waals surface area contributed by atoms with Crippen LogP contribution in [0.4, 0.5) is 9.18 Å². The fraction of sp³-hybridized carbons (Fsp3) is 0.500. The summed E-state index contributed by atoms with van der Waals surface area (Å²) in [5, 5.41) is 0. The monoisotopic (exact) mass is 309 g/mol. The van der Waals surface area contributed by atoms with Crippen LogP contribution in [0.25, 0.3) is 0 Å². The molecule has 120 valence electrons. The number of benzene rings is 1. The van der Waals surface area contributed by atoms with E-state index in [4.69, 9.17) is 9.47 Å². The minimum absolute atomic E-state index is 0.00541. The van der Waals surface area contributed by atoms with Gasteiger partial charge < -0.3 is 14.4 Å². The molecule has 1 aliphatic rings. The van der Waals surface area contributed by atoms with E-state index < -0.39 is 11.4 Å². The average Bonchev–Trinajstić information content (AvgIpc) is 2.85. The van der Waals surface area contributed by atoms with Gasteiger partial charge in [-0.3, -0.25) is 4.79 Å². The Kier molecular flexibility index (Phi) is 4.68. The number of halogens is 1. The van der Waals surface area contributed by atoms with Crippen LogP contribution in [0.1, 0.15) is 37.6 Å². The number of amides is 1. The Balaban J connectivity index is 1.92. The van der Waals surface area contributed by atoms with Crippen LogP contribution in [0.5, 0.6) is 5.75 Å². The van der Waals surface area contributed by atoms with Crippen molar-refractivity contribution < 1.29 is 23.5 Å². The number of ether oxygens (including phenoxy) is 2. The highest BCUT2D eigenvalue weighted by Crippen LogP contribution is 2.22. The van der Waals surface area contributed by atoms with Gasteiger partial charge in [-0.2, -0.15) is 0 Å². The van der Waals surface area contributed by atoms with Gasteiger partial charge in [0.2, 0.25) is 0 Å². The third kappa shape index (κ3) is 4.19. The molecule has 1 heterocycles. The number of nitrogens with zero attached hydrogens (tertiary/aromatic N) is 1. The fourth-order valence-electron chi connectivity index (χ4n) is 2.19. The van der Waals surface area contributed by atoms with E-state index in [1.807, 2.05) is 20.8 Å². The minimum Gasteiger partial charge on any atom is -0.488 e. The predicted octanol–water partition coefficient (Wildman–Crippen LogP) is 3.03. The van der Waals surface area contributed by atoms with Crippen LogP contribution in [-0.4, -0.2) is 42.1 Å². The van der Waals surface area contributed by atoms with Gasteiger partial charge in [-0.1, -0.05) is 0 Å². The summed E-state index contributed by atoms with van der Waals surface area (Å²) in [4.78, 5) is 24.1. The first kappa shape index (κ1) is 16.3. The third-order valence-electron chi connectivity index (χ3n) is 3.20. The number of aldehydes is 1. The maximum atomic E-state index is 13.5. The normalized spacial score (nSPS) is 18.2. The van der Waals surface area contributed by atoms with Crippen molar-refractivity contribution in [3.8, 4) is 5.75 Å². The van der Waals surface area contributed by atoms with E-state index in [9.17, 15) is 14.0 Å². The first-order chi connectivity index (χ1) is 10.3. The van der Waals surface area contributed by atoms with Crippen LogP contribution in [0.15, 0.2) is 18.2 Å². The number of carbonyl (C=O) groups is 2. The van der Waals surface area contributed by atoms with E-state index in [1.54, 1.807) is 11.0 Å². The zero-order valence-electron chi connectivity index (χ0n) is 13.0. The van der Waals surface area contributed by atoms with Crippen molar-refractivity contribution in [1.82, 2.24) is 4.90 Å². The molecule has 1 aliphatic heterocycles. The topological polar surface area (TPSA) is 55.8 Å². The quantitative estimate of drug-likeness (QED) is 0.805. The smallest absolute Gasteiger partial charge is 0.410 e. The van der Waals surface area contributed by atoms with E-state index in [1.165, 1.54) is 12.1 Å². The summed E-state index contributed by atoms with van der Waals surface area (Å²) in [6.07, 6.45) is 0.518. The molecule has 1 unspecified atom stereocenters. The molecular formula is C16H20FNO4. The lowest BCUT2D eigenvalue weighted by Crippen LogP contribution is -2.36. The highest BCUT2D eigenvalue weighted by Gasteiger charge is 2.30. The zero-order valence-corrected chi connectivity index (χ0v) is 13.0. The second-order valence-electron chi connectivity index (χ2n) is 6.26. The van der Waals surface area contributed by atoms with Gasteiger partial charge in [-0.15, -0.1) is 0 Å². The molecular weight excluding hydrogens is 289 g/mol. The molecule has 1 saturated heterocycles. The van der Waals surface area contributed by atoms with Gasteiger partial charge in [0.05, 0.1) is 12.1 Å². The molecule has 1 fully saturated rings. The summed E-state index contributed by atoms with van der Waals surface area (Å²) in [5.74, 6) is -0.270. The molecule has 0 aromatic heterocycles. The van der Waals surface area contributed by atoms with Crippen molar-refractivity contribution in [2.75, 3.05) is 13.1 Å².